The zero-order chi connectivity index (χ0) is 25.4. The van der Waals surface area contributed by atoms with Crippen molar-refractivity contribution >= 4 is 57.2 Å². The van der Waals surface area contributed by atoms with Gasteiger partial charge < -0.3 is 19.5 Å². The van der Waals surface area contributed by atoms with E-state index in [1.54, 1.807) is 55.6 Å². The molecule has 6 nitrogen and oxygen atoms in total. The molecule has 0 aliphatic rings. The van der Waals surface area contributed by atoms with Crippen LogP contribution < -0.4 is 19.5 Å². The fourth-order valence-electron chi connectivity index (χ4n) is 3.15. The molecule has 0 unspecified atom stereocenters. The molecule has 0 atom stereocenters. The lowest BCUT2D eigenvalue weighted by molar-refractivity contribution is -0.117. The van der Waals surface area contributed by atoms with Crippen molar-refractivity contribution < 1.29 is 23.4 Å². The fourth-order valence-corrected chi connectivity index (χ4v) is 5.28. The Morgan fingerprint density at radius 2 is 1.77 bits per heavy atom. The molecule has 0 spiro atoms. The first-order valence-electron chi connectivity index (χ1n) is 10.3. The topological polar surface area (TPSA) is 80.6 Å². The minimum absolute atomic E-state index is 0.0379. The first-order valence-corrected chi connectivity index (χ1v) is 12.5. The average molecular weight is 698 g/mol. The van der Waals surface area contributed by atoms with Crippen LogP contribution in [0, 0.1) is 24.3 Å². The summed E-state index contributed by atoms with van der Waals surface area (Å²) in [5.41, 5.74) is 1.84. The third-order valence-electron chi connectivity index (χ3n) is 4.96. The average Bonchev–Trinajstić information content (AvgIpc) is 2.86. The van der Waals surface area contributed by atoms with E-state index in [1.165, 1.54) is 19.3 Å². The molecule has 0 saturated carbocycles. The largest absolute Gasteiger partial charge is 0.497 e. The lowest BCUT2D eigenvalue weighted by Gasteiger charge is -2.12. The van der Waals surface area contributed by atoms with Crippen LogP contribution in [-0.2, 0) is 17.9 Å². The van der Waals surface area contributed by atoms with Crippen molar-refractivity contribution in [2.45, 2.75) is 13.2 Å². The summed E-state index contributed by atoms with van der Waals surface area (Å²) < 4.78 is 31.8. The van der Waals surface area contributed by atoms with Gasteiger partial charge in [-0.05, 0) is 87.2 Å². The number of benzene rings is 3. The van der Waals surface area contributed by atoms with E-state index in [-0.39, 0.29) is 24.5 Å². The lowest BCUT2D eigenvalue weighted by atomic mass is 10.1. The summed E-state index contributed by atoms with van der Waals surface area (Å²) >= 11 is 4.23. The molecule has 0 fully saturated rings. The summed E-state index contributed by atoms with van der Waals surface area (Å²) in [5, 5.41) is 12.3. The molecule has 9 heteroatoms. The summed E-state index contributed by atoms with van der Waals surface area (Å²) in [7, 11) is 3.10. The van der Waals surface area contributed by atoms with Crippen molar-refractivity contribution in [3.05, 3.63) is 89.8 Å². The standard InChI is InChI=1S/C26H21FI2N2O4/c1-33-20-8-7-17(24(12-20)34-2)14-31-26(32)19(13-30)9-16-10-22(28)25(23(29)11-16)35-15-18-5-3-4-6-21(18)27/h3-12H,14-15H2,1-2H3,(H,31,32)/b19-9+. The van der Waals surface area contributed by atoms with Crippen LogP contribution in [0.5, 0.6) is 17.2 Å². The molecular formula is C26H21FI2N2O4. The van der Waals surface area contributed by atoms with Crippen molar-refractivity contribution in [3.63, 3.8) is 0 Å². The van der Waals surface area contributed by atoms with Gasteiger partial charge in [0.25, 0.3) is 5.91 Å². The Balaban J connectivity index is 1.73. The van der Waals surface area contributed by atoms with Gasteiger partial charge in [0, 0.05) is 23.7 Å². The van der Waals surface area contributed by atoms with Gasteiger partial charge >= 0.3 is 0 Å². The Morgan fingerprint density at radius 3 is 2.40 bits per heavy atom. The maximum atomic E-state index is 13.9. The van der Waals surface area contributed by atoms with Crippen LogP contribution in [-0.4, -0.2) is 20.1 Å². The molecule has 180 valence electrons. The molecule has 1 N–H and O–H groups in total. The number of rotatable bonds is 9. The second-order valence-electron chi connectivity index (χ2n) is 7.22. The quantitative estimate of drug-likeness (QED) is 0.172. The van der Waals surface area contributed by atoms with Gasteiger partial charge in [0.15, 0.2) is 0 Å². The second kappa shape index (κ2) is 12.7. The summed E-state index contributed by atoms with van der Waals surface area (Å²) in [5.74, 6) is 0.993. The van der Waals surface area contributed by atoms with E-state index in [0.29, 0.717) is 28.4 Å². The Labute approximate surface area is 230 Å². The maximum Gasteiger partial charge on any atom is 0.262 e. The van der Waals surface area contributed by atoms with Gasteiger partial charge in [-0.15, -0.1) is 0 Å². The molecule has 3 aromatic carbocycles. The third-order valence-corrected chi connectivity index (χ3v) is 6.56. The molecule has 0 heterocycles. The van der Waals surface area contributed by atoms with Crippen molar-refractivity contribution in [2.75, 3.05) is 14.2 Å². The number of carbonyl (C=O) groups is 1. The van der Waals surface area contributed by atoms with E-state index in [9.17, 15) is 14.4 Å². The Morgan fingerprint density at radius 1 is 1.06 bits per heavy atom. The predicted molar refractivity (Wildman–Crippen MR) is 148 cm³/mol. The van der Waals surface area contributed by atoms with Gasteiger partial charge in [-0.25, -0.2) is 4.39 Å². The summed E-state index contributed by atoms with van der Waals surface area (Å²) in [6, 6.07) is 17.3. The number of nitriles is 1. The highest BCUT2D eigenvalue weighted by Crippen LogP contribution is 2.31. The van der Waals surface area contributed by atoms with Crippen LogP contribution in [0.4, 0.5) is 4.39 Å². The molecule has 0 aliphatic carbocycles. The molecule has 35 heavy (non-hydrogen) atoms. The van der Waals surface area contributed by atoms with Crippen molar-refractivity contribution in [1.29, 1.82) is 5.26 Å². The van der Waals surface area contributed by atoms with Gasteiger partial charge in [0.2, 0.25) is 0 Å². The monoisotopic (exact) mass is 698 g/mol. The van der Waals surface area contributed by atoms with Crippen LogP contribution >= 0.6 is 45.2 Å². The molecule has 3 aromatic rings. The van der Waals surface area contributed by atoms with Crippen LogP contribution in [0.1, 0.15) is 16.7 Å². The van der Waals surface area contributed by atoms with Crippen molar-refractivity contribution in [2.24, 2.45) is 0 Å². The predicted octanol–water partition coefficient (Wildman–Crippen LogP) is 5.85. The Hall–Kier alpha value is -2.85. The van der Waals surface area contributed by atoms with E-state index < -0.39 is 5.91 Å². The first-order chi connectivity index (χ1) is 16.9. The molecule has 0 aromatic heterocycles. The summed E-state index contributed by atoms with van der Waals surface area (Å²) in [6.07, 6.45) is 1.52. The number of hydrogen-bond donors (Lipinski definition) is 1. The van der Waals surface area contributed by atoms with Gasteiger partial charge in [0.1, 0.15) is 41.3 Å². The maximum absolute atomic E-state index is 13.9. The molecular weight excluding hydrogens is 677 g/mol. The van der Waals surface area contributed by atoms with Crippen LogP contribution in [0.2, 0.25) is 0 Å². The SMILES string of the molecule is COc1ccc(CNC(=O)/C(C#N)=C/c2cc(I)c(OCc3ccccc3F)c(I)c2)c(OC)c1. The summed E-state index contributed by atoms with van der Waals surface area (Å²) in [4.78, 5) is 12.7. The molecule has 3 rings (SSSR count). The highest BCUT2D eigenvalue weighted by atomic mass is 127. The molecule has 1 amide bonds. The van der Waals surface area contributed by atoms with E-state index in [2.05, 4.69) is 50.5 Å². The first kappa shape index (κ1) is 26.7. The van der Waals surface area contributed by atoms with E-state index in [4.69, 9.17) is 14.2 Å². The van der Waals surface area contributed by atoms with Gasteiger partial charge in [-0.3, -0.25) is 4.79 Å². The normalized spacial score (nSPS) is 10.9. The van der Waals surface area contributed by atoms with Crippen LogP contribution in [0.25, 0.3) is 6.08 Å². The van der Waals surface area contributed by atoms with E-state index >= 15 is 0 Å². The highest BCUT2D eigenvalue weighted by molar-refractivity contribution is 14.1. The molecule has 0 aliphatic heterocycles. The number of carbonyl (C=O) groups excluding carboxylic acids is 1. The number of nitrogens with one attached hydrogen (secondary N) is 1. The Bertz CT molecular complexity index is 1280. The fraction of sp³-hybridized carbons (Fsp3) is 0.154. The molecule has 0 saturated heterocycles. The van der Waals surface area contributed by atoms with E-state index in [0.717, 1.165) is 12.7 Å². The zero-order valence-corrected chi connectivity index (χ0v) is 23.2. The molecule has 0 bridgehead atoms. The smallest absolute Gasteiger partial charge is 0.262 e. The summed E-state index contributed by atoms with van der Waals surface area (Å²) in [6.45, 7) is 0.275. The minimum atomic E-state index is -0.504. The Kier molecular flexibility index (Phi) is 9.73. The van der Waals surface area contributed by atoms with E-state index in [1.807, 2.05) is 6.07 Å². The second-order valence-corrected chi connectivity index (χ2v) is 9.55. The van der Waals surface area contributed by atoms with Crippen molar-refractivity contribution in [1.82, 2.24) is 5.32 Å². The lowest BCUT2D eigenvalue weighted by Crippen LogP contribution is -2.24. The number of methoxy groups -OCH3 is 2. The number of halogens is 3. The zero-order valence-electron chi connectivity index (χ0n) is 18.9. The molecule has 0 radical (unpaired) electrons. The number of hydrogen-bond acceptors (Lipinski definition) is 5. The minimum Gasteiger partial charge on any atom is -0.497 e. The number of amides is 1. The van der Waals surface area contributed by atoms with Gasteiger partial charge in [-0.2, -0.15) is 5.26 Å². The number of nitrogens with zero attached hydrogens (tertiary/aromatic N) is 1. The third kappa shape index (κ3) is 7.08. The van der Waals surface area contributed by atoms with Crippen LogP contribution in [0.15, 0.2) is 60.2 Å². The van der Waals surface area contributed by atoms with Gasteiger partial charge in [-0.1, -0.05) is 18.2 Å². The van der Waals surface area contributed by atoms with Gasteiger partial charge in [0.05, 0.1) is 21.4 Å². The van der Waals surface area contributed by atoms with Crippen LogP contribution in [0.3, 0.4) is 0 Å². The van der Waals surface area contributed by atoms with Crippen molar-refractivity contribution in [3.8, 4) is 23.3 Å². The highest BCUT2D eigenvalue weighted by Gasteiger charge is 2.14. The number of ether oxygens (including phenoxy) is 3.